The van der Waals surface area contributed by atoms with Gasteiger partial charge in [0.15, 0.2) is 0 Å². The fourth-order valence-corrected chi connectivity index (χ4v) is 4.40. The van der Waals surface area contributed by atoms with E-state index in [0.717, 1.165) is 12.8 Å². The van der Waals surface area contributed by atoms with Crippen molar-refractivity contribution < 1.29 is 18.3 Å². The van der Waals surface area contributed by atoms with Crippen LogP contribution in [-0.4, -0.2) is 46.1 Å². The normalized spacial score (nSPS) is 26.5. The molecule has 2 atom stereocenters. The zero-order valence-electron chi connectivity index (χ0n) is 14.1. The number of rotatable bonds is 4. The molecule has 0 radical (unpaired) electrons. The molecule has 3 heterocycles. The summed E-state index contributed by atoms with van der Waals surface area (Å²) in [5.41, 5.74) is 1.11. The highest BCUT2D eigenvalue weighted by molar-refractivity contribution is 5.90. The molecule has 0 saturated carbocycles. The highest BCUT2D eigenvalue weighted by Crippen LogP contribution is 2.39. The average molecular weight is 349 g/mol. The van der Waals surface area contributed by atoms with Gasteiger partial charge in [-0.1, -0.05) is 0 Å². The molecular weight excluding hydrogens is 328 g/mol. The van der Waals surface area contributed by atoms with E-state index in [9.17, 15) is 13.6 Å². The van der Waals surface area contributed by atoms with E-state index in [1.807, 2.05) is 0 Å². The number of nitrogens with zero attached hydrogens (tertiary/aromatic N) is 3. The van der Waals surface area contributed by atoms with E-state index < -0.39 is 6.61 Å². The Morgan fingerprint density at radius 3 is 2.72 bits per heavy atom. The monoisotopic (exact) mass is 349 g/mol. The van der Waals surface area contributed by atoms with E-state index in [4.69, 9.17) is 0 Å². The van der Waals surface area contributed by atoms with E-state index in [-0.39, 0.29) is 11.7 Å². The van der Waals surface area contributed by atoms with Crippen LogP contribution < -0.4 is 4.74 Å². The third-order valence-corrected chi connectivity index (χ3v) is 5.67. The minimum atomic E-state index is -2.87. The number of imidazole rings is 1. The molecule has 0 aliphatic carbocycles. The largest absolute Gasteiger partial charge is 0.435 e. The van der Waals surface area contributed by atoms with Crippen LogP contribution in [0.25, 0.3) is 11.0 Å². The van der Waals surface area contributed by atoms with Crippen LogP contribution >= 0.6 is 0 Å². The Bertz CT molecular complexity index is 778. The molecular formula is C18H21F2N3O2. The summed E-state index contributed by atoms with van der Waals surface area (Å²) in [6.07, 6.45) is 6.57. The summed E-state index contributed by atoms with van der Waals surface area (Å²) in [4.78, 5) is 19.3. The maximum absolute atomic E-state index is 12.7. The van der Waals surface area contributed by atoms with Gasteiger partial charge < -0.3 is 9.64 Å². The number of aromatic nitrogens is 2. The molecule has 0 spiro atoms. The highest BCUT2D eigenvalue weighted by Gasteiger charge is 2.39. The topological polar surface area (TPSA) is 47.4 Å². The van der Waals surface area contributed by atoms with Gasteiger partial charge in [0, 0.05) is 24.6 Å². The zero-order chi connectivity index (χ0) is 17.6. The molecule has 0 N–H and O–H groups in total. The third kappa shape index (κ3) is 3.13. The Morgan fingerprint density at radius 2 is 2.04 bits per heavy atom. The van der Waals surface area contributed by atoms with Gasteiger partial charge in [0.1, 0.15) is 12.1 Å². The van der Waals surface area contributed by atoms with Gasteiger partial charge in [-0.2, -0.15) is 8.78 Å². The van der Waals surface area contributed by atoms with Crippen molar-refractivity contribution >= 4 is 16.9 Å². The Hall–Kier alpha value is -2.02. The van der Waals surface area contributed by atoms with Crippen molar-refractivity contribution in [3.63, 3.8) is 0 Å². The number of ether oxygens (including phenoxy) is 1. The van der Waals surface area contributed by atoms with Crippen molar-refractivity contribution in [1.29, 1.82) is 0 Å². The molecule has 1 aromatic carbocycles. The Kier molecular flexibility index (Phi) is 4.19. The fourth-order valence-electron chi connectivity index (χ4n) is 4.40. The number of carbonyl (C=O) groups is 1. The van der Waals surface area contributed by atoms with Crippen LogP contribution in [0.2, 0.25) is 0 Å². The number of fused-ring (bicyclic) bond motifs is 3. The molecule has 134 valence electrons. The number of benzene rings is 1. The summed E-state index contributed by atoms with van der Waals surface area (Å²) in [7, 11) is 2.18. The van der Waals surface area contributed by atoms with Gasteiger partial charge in [-0.3, -0.25) is 9.36 Å². The molecule has 4 rings (SSSR count). The van der Waals surface area contributed by atoms with E-state index >= 15 is 0 Å². The van der Waals surface area contributed by atoms with Crippen molar-refractivity contribution in [3.05, 3.63) is 24.5 Å². The summed E-state index contributed by atoms with van der Waals surface area (Å²) in [6, 6.07) is 5.68. The standard InChI is InChI=1S/C18H21F2N3O2/c1-22-12-2-3-13(22)7-11(6-12)8-17(24)23-10-21-15-9-14(25-18(19)20)4-5-16(15)23/h4-5,9-13,18H,2-3,6-8H2,1H3. The van der Waals surface area contributed by atoms with E-state index in [1.54, 1.807) is 6.07 Å². The van der Waals surface area contributed by atoms with Crippen LogP contribution in [0.4, 0.5) is 8.78 Å². The molecule has 1 aromatic heterocycles. The number of hydrogen-bond acceptors (Lipinski definition) is 4. The van der Waals surface area contributed by atoms with Gasteiger partial charge >= 0.3 is 6.61 Å². The van der Waals surface area contributed by atoms with Crippen molar-refractivity contribution in [3.8, 4) is 5.75 Å². The first-order valence-corrected chi connectivity index (χ1v) is 8.68. The molecule has 2 aliphatic heterocycles. The first-order valence-electron chi connectivity index (χ1n) is 8.68. The van der Waals surface area contributed by atoms with Crippen LogP contribution in [-0.2, 0) is 0 Å². The maximum Gasteiger partial charge on any atom is 0.387 e. The number of halogens is 2. The minimum Gasteiger partial charge on any atom is -0.435 e. The lowest BCUT2D eigenvalue weighted by atomic mass is 9.88. The minimum absolute atomic E-state index is 0.0129. The molecule has 7 heteroatoms. The van der Waals surface area contributed by atoms with Crippen LogP contribution in [0, 0.1) is 5.92 Å². The highest BCUT2D eigenvalue weighted by atomic mass is 19.3. The lowest BCUT2D eigenvalue weighted by Crippen LogP contribution is -2.40. The predicted octanol–water partition coefficient (Wildman–Crippen LogP) is 3.54. The average Bonchev–Trinajstić information content (AvgIpc) is 3.04. The van der Waals surface area contributed by atoms with Crippen LogP contribution in [0.5, 0.6) is 5.75 Å². The van der Waals surface area contributed by atoms with E-state index in [0.29, 0.717) is 35.5 Å². The lowest BCUT2D eigenvalue weighted by molar-refractivity contribution is -0.0497. The first-order chi connectivity index (χ1) is 12.0. The van der Waals surface area contributed by atoms with Gasteiger partial charge in [-0.05, 0) is 50.8 Å². The van der Waals surface area contributed by atoms with Gasteiger partial charge in [0.05, 0.1) is 11.0 Å². The van der Waals surface area contributed by atoms with Gasteiger partial charge in [0.2, 0.25) is 5.91 Å². The van der Waals surface area contributed by atoms with Crippen molar-refractivity contribution in [2.24, 2.45) is 5.92 Å². The predicted molar refractivity (Wildman–Crippen MR) is 88.9 cm³/mol. The van der Waals surface area contributed by atoms with Crippen LogP contribution in [0.3, 0.4) is 0 Å². The number of hydrogen-bond donors (Lipinski definition) is 0. The van der Waals surface area contributed by atoms with Crippen molar-refractivity contribution in [2.75, 3.05) is 7.05 Å². The number of carbonyl (C=O) groups excluding carboxylic acids is 1. The summed E-state index contributed by atoms with van der Waals surface area (Å²) in [5, 5.41) is 0. The molecule has 2 aromatic rings. The second-order valence-corrected chi connectivity index (χ2v) is 7.13. The molecule has 2 aliphatic rings. The van der Waals surface area contributed by atoms with Gasteiger partial charge in [0.25, 0.3) is 0 Å². The molecule has 5 nitrogen and oxygen atoms in total. The molecule has 2 fully saturated rings. The number of piperidine rings is 1. The maximum atomic E-state index is 12.7. The molecule has 2 unspecified atom stereocenters. The van der Waals surface area contributed by atoms with E-state index in [2.05, 4.69) is 21.7 Å². The summed E-state index contributed by atoms with van der Waals surface area (Å²) in [6.45, 7) is -2.87. The van der Waals surface area contributed by atoms with Crippen LogP contribution in [0.15, 0.2) is 24.5 Å². The summed E-state index contributed by atoms with van der Waals surface area (Å²) < 4.78 is 30.5. The Balaban J connectivity index is 1.49. The lowest BCUT2D eigenvalue weighted by Gasteiger charge is -2.36. The summed E-state index contributed by atoms with van der Waals surface area (Å²) in [5.74, 6) is 0.464. The SMILES string of the molecule is CN1C2CCC1CC(CC(=O)n1cnc3cc(OC(F)F)ccc31)C2. The smallest absolute Gasteiger partial charge is 0.387 e. The van der Waals surface area contributed by atoms with Crippen molar-refractivity contribution in [2.45, 2.75) is 50.8 Å². The first kappa shape index (κ1) is 16.4. The molecule has 25 heavy (non-hydrogen) atoms. The molecule has 0 amide bonds. The third-order valence-electron chi connectivity index (χ3n) is 5.67. The molecule has 2 bridgehead atoms. The Labute approximate surface area is 144 Å². The van der Waals surface area contributed by atoms with Gasteiger partial charge in [-0.15, -0.1) is 0 Å². The number of alkyl halides is 2. The summed E-state index contributed by atoms with van der Waals surface area (Å²) >= 11 is 0. The second-order valence-electron chi connectivity index (χ2n) is 7.13. The fraction of sp³-hybridized carbons (Fsp3) is 0.556. The van der Waals surface area contributed by atoms with Crippen LogP contribution in [0.1, 0.15) is 36.9 Å². The Morgan fingerprint density at radius 1 is 1.32 bits per heavy atom. The van der Waals surface area contributed by atoms with Gasteiger partial charge in [-0.25, -0.2) is 4.98 Å². The quantitative estimate of drug-likeness (QED) is 0.847. The second kappa shape index (κ2) is 6.37. The zero-order valence-corrected chi connectivity index (χ0v) is 14.1. The van der Waals surface area contributed by atoms with Crippen molar-refractivity contribution in [1.82, 2.24) is 14.5 Å². The molecule has 2 saturated heterocycles. The van der Waals surface area contributed by atoms with E-state index in [1.165, 1.54) is 35.9 Å².